The van der Waals surface area contributed by atoms with Crippen LogP contribution in [-0.2, 0) is 28.6 Å². The Labute approximate surface area is 407 Å². The zero-order valence-corrected chi connectivity index (χ0v) is 43.2. The minimum atomic E-state index is -0.811. The minimum Gasteiger partial charge on any atom is -0.462 e. The average Bonchev–Trinajstić information content (AvgIpc) is 3.31. The van der Waals surface area contributed by atoms with Crippen LogP contribution in [-0.4, -0.2) is 37.2 Å². The molecule has 6 nitrogen and oxygen atoms in total. The summed E-state index contributed by atoms with van der Waals surface area (Å²) >= 11 is 0. The highest BCUT2D eigenvalue weighted by molar-refractivity contribution is 5.71. The lowest BCUT2D eigenvalue weighted by molar-refractivity contribution is -0.166. The molecule has 0 saturated heterocycles. The van der Waals surface area contributed by atoms with E-state index in [2.05, 4.69) is 99.8 Å². The van der Waals surface area contributed by atoms with E-state index in [1.807, 2.05) is 6.08 Å². The monoisotopic (exact) mass is 919 g/mol. The number of ether oxygens (including phenoxy) is 3. The van der Waals surface area contributed by atoms with Gasteiger partial charge >= 0.3 is 17.9 Å². The smallest absolute Gasteiger partial charge is 0.306 e. The average molecular weight is 919 g/mol. The van der Waals surface area contributed by atoms with E-state index in [1.54, 1.807) is 0 Å². The predicted molar refractivity (Wildman–Crippen MR) is 284 cm³/mol. The van der Waals surface area contributed by atoms with E-state index in [0.29, 0.717) is 19.3 Å². The van der Waals surface area contributed by atoms with Crippen LogP contribution in [0.1, 0.15) is 258 Å². The van der Waals surface area contributed by atoms with Gasteiger partial charge in [-0.3, -0.25) is 14.4 Å². The van der Waals surface area contributed by atoms with Crippen molar-refractivity contribution < 1.29 is 28.6 Å². The molecule has 0 bridgehead atoms. The molecule has 6 heteroatoms. The van der Waals surface area contributed by atoms with Crippen molar-refractivity contribution in [1.29, 1.82) is 0 Å². The SMILES string of the molecule is CC/C=C\C/C=C\C/C=C\C/C=C\C/C=C\C/C=C\CCC(=O)OCC(COC(=O)CCCCC/C=C\CCCCCCCC)OC(=O)CCCCCCCCCCCCCCCCCC. The summed E-state index contributed by atoms with van der Waals surface area (Å²) in [6.07, 6.45) is 70.1. The minimum absolute atomic E-state index is 0.106. The van der Waals surface area contributed by atoms with Gasteiger partial charge < -0.3 is 14.2 Å². The van der Waals surface area contributed by atoms with Gasteiger partial charge in [0.25, 0.3) is 0 Å². The number of hydrogen-bond donors (Lipinski definition) is 0. The molecule has 0 aromatic carbocycles. The molecule has 0 heterocycles. The van der Waals surface area contributed by atoms with E-state index in [4.69, 9.17) is 14.2 Å². The van der Waals surface area contributed by atoms with Gasteiger partial charge in [0.15, 0.2) is 6.10 Å². The molecule has 0 fully saturated rings. The van der Waals surface area contributed by atoms with Gasteiger partial charge in [0.1, 0.15) is 13.2 Å². The summed E-state index contributed by atoms with van der Waals surface area (Å²) in [4.78, 5) is 38.0. The Balaban J connectivity index is 4.49. The zero-order chi connectivity index (χ0) is 47.9. The van der Waals surface area contributed by atoms with E-state index < -0.39 is 6.10 Å². The maximum Gasteiger partial charge on any atom is 0.306 e. The van der Waals surface area contributed by atoms with Gasteiger partial charge in [-0.1, -0.05) is 241 Å². The summed E-state index contributed by atoms with van der Waals surface area (Å²) < 4.78 is 16.8. The van der Waals surface area contributed by atoms with Crippen LogP contribution in [0.5, 0.6) is 0 Å². The lowest BCUT2D eigenvalue weighted by Crippen LogP contribution is -2.30. The normalized spacial score (nSPS) is 12.7. The van der Waals surface area contributed by atoms with E-state index >= 15 is 0 Å². The standard InChI is InChI=1S/C60H102O6/c1-4-7-10-13-16-19-22-25-27-29-30-31-33-35-38-41-44-47-50-53-59(62)65-56-57(55-64-58(61)52-49-46-43-40-37-34-24-21-18-15-12-9-6-3)66-60(63)54-51-48-45-42-39-36-32-28-26-23-20-17-14-11-8-5-2/h7,10,16,19,25,27,30-31,34-35,37-38,44,47,57H,4-6,8-9,11-15,17-18,20-24,26,28-29,32-33,36,39-43,45-46,48-56H2,1-3H3/b10-7-,19-16-,27-25-,31-30-,37-34-,38-35-,47-44-. The van der Waals surface area contributed by atoms with Crippen molar-refractivity contribution in [1.82, 2.24) is 0 Å². The molecule has 0 radical (unpaired) electrons. The molecule has 0 aliphatic rings. The maximum absolute atomic E-state index is 12.8. The third-order valence-electron chi connectivity index (χ3n) is 11.6. The summed E-state index contributed by atoms with van der Waals surface area (Å²) in [7, 11) is 0. The molecule has 378 valence electrons. The van der Waals surface area contributed by atoms with Crippen LogP contribution in [0.2, 0.25) is 0 Å². The number of allylic oxidation sites excluding steroid dienone is 14. The zero-order valence-electron chi connectivity index (χ0n) is 43.2. The Hall–Kier alpha value is -3.41. The third-order valence-corrected chi connectivity index (χ3v) is 11.6. The van der Waals surface area contributed by atoms with Crippen molar-refractivity contribution in [2.75, 3.05) is 13.2 Å². The summed E-state index contributed by atoms with van der Waals surface area (Å²) in [5.41, 5.74) is 0. The lowest BCUT2D eigenvalue weighted by Gasteiger charge is -2.18. The number of carbonyl (C=O) groups is 3. The number of unbranched alkanes of at least 4 members (excludes halogenated alkanes) is 24. The molecule has 0 amide bonds. The molecule has 1 atom stereocenters. The van der Waals surface area contributed by atoms with Crippen LogP contribution in [0.25, 0.3) is 0 Å². The topological polar surface area (TPSA) is 78.9 Å². The van der Waals surface area contributed by atoms with Gasteiger partial charge in [-0.15, -0.1) is 0 Å². The molecular weight excluding hydrogens is 817 g/mol. The second-order valence-corrected chi connectivity index (χ2v) is 18.1. The van der Waals surface area contributed by atoms with Crippen LogP contribution >= 0.6 is 0 Å². The lowest BCUT2D eigenvalue weighted by atomic mass is 10.0. The van der Waals surface area contributed by atoms with Crippen molar-refractivity contribution in [2.24, 2.45) is 0 Å². The van der Waals surface area contributed by atoms with Crippen molar-refractivity contribution >= 4 is 17.9 Å². The van der Waals surface area contributed by atoms with E-state index in [0.717, 1.165) is 89.9 Å². The van der Waals surface area contributed by atoms with Crippen molar-refractivity contribution in [2.45, 2.75) is 264 Å². The van der Waals surface area contributed by atoms with Crippen LogP contribution in [0, 0.1) is 0 Å². The van der Waals surface area contributed by atoms with Crippen molar-refractivity contribution in [3.8, 4) is 0 Å². The molecule has 0 spiro atoms. The first kappa shape index (κ1) is 62.6. The Morgan fingerprint density at radius 1 is 0.318 bits per heavy atom. The molecule has 0 aromatic heterocycles. The van der Waals surface area contributed by atoms with Crippen molar-refractivity contribution in [3.05, 3.63) is 85.1 Å². The van der Waals surface area contributed by atoms with Crippen LogP contribution < -0.4 is 0 Å². The number of carbonyl (C=O) groups excluding carboxylic acids is 3. The van der Waals surface area contributed by atoms with Gasteiger partial charge in [0.2, 0.25) is 0 Å². The Kier molecular flexibility index (Phi) is 51.4. The van der Waals surface area contributed by atoms with Crippen molar-refractivity contribution in [3.63, 3.8) is 0 Å². The first-order chi connectivity index (χ1) is 32.5. The fourth-order valence-electron chi connectivity index (χ4n) is 7.52. The fourth-order valence-corrected chi connectivity index (χ4v) is 7.52. The van der Waals surface area contributed by atoms with Gasteiger partial charge in [-0.2, -0.15) is 0 Å². The largest absolute Gasteiger partial charge is 0.462 e. The second kappa shape index (κ2) is 54.2. The fraction of sp³-hybridized carbons (Fsp3) is 0.717. The van der Waals surface area contributed by atoms with Crippen LogP contribution in [0.4, 0.5) is 0 Å². The highest BCUT2D eigenvalue weighted by Crippen LogP contribution is 2.15. The Morgan fingerprint density at radius 2 is 0.621 bits per heavy atom. The molecular formula is C60H102O6. The summed E-state index contributed by atoms with van der Waals surface area (Å²) in [5, 5.41) is 0. The summed E-state index contributed by atoms with van der Waals surface area (Å²) in [5.74, 6) is -1.00. The first-order valence-corrected chi connectivity index (χ1v) is 27.6. The first-order valence-electron chi connectivity index (χ1n) is 27.6. The van der Waals surface area contributed by atoms with Gasteiger partial charge in [0, 0.05) is 19.3 Å². The van der Waals surface area contributed by atoms with Gasteiger partial charge in [-0.05, 0) is 83.5 Å². The Morgan fingerprint density at radius 3 is 1.03 bits per heavy atom. The molecule has 0 aliphatic carbocycles. The van der Waals surface area contributed by atoms with Crippen LogP contribution in [0.3, 0.4) is 0 Å². The molecule has 1 unspecified atom stereocenters. The second-order valence-electron chi connectivity index (χ2n) is 18.1. The molecule has 0 saturated carbocycles. The maximum atomic E-state index is 12.8. The Bertz CT molecular complexity index is 1290. The van der Waals surface area contributed by atoms with E-state index in [9.17, 15) is 14.4 Å². The quantitative estimate of drug-likeness (QED) is 0.0262. The van der Waals surface area contributed by atoms with E-state index in [1.165, 1.54) is 122 Å². The summed E-state index contributed by atoms with van der Waals surface area (Å²) in [6, 6.07) is 0. The third kappa shape index (κ3) is 51.6. The summed E-state index contributed by atoms with van der Waals surface area (Å²) in [6.45, 7) is 6.45. The van der Waals surface area contributed by atoms with Gasteiger partial charge in [-0.25, -0.2) is 0 Å². The number of esters is 3. The highest BCUT2D eigenvalue weighted by Gasteiger charge is 2.19. The molecule has 66 heavy (non-hydrogen) atoms. The molecule has 0 rings (SSSR count). The molecule has 0 aromatic rings. The predicted octanol–water partition coefficient (Wildman–Crippen LogP) is 18.4. The number of hydrogen-bond acceptors (Lipinski definition) is 6. The highest BCUT2D eigenvalue weighted by atomic mass is 16.6. The number of rotatable bonds is 49. The van der Waals surface area contributed by atoms with Crippen LogP contribution in [0.15, 0.2) is 85.1 Å². The van der Waals surface area contributed by atoms with E-state index in [-0.39, 0.29) is 37.5 Å². The molecule has 0 aliphatic heterocycles. The van der Waals surface area contributed by atoms with Gasteiger partial charge in [0.05, 0.1) is 0 Å². The molecule has 0 N–H and O–H groups in total.